The smallest absolute Gasteiger partial charge is 0.254 e. The summed E-state index contributed by atoms with van der Waals surface area (Å²) in [7, 11) is 0. The molecule has 0 atom stereocenters. The SMILES string of the molecule is CCc1cccnc1CNC(=O)c1ccc(C)cc1F. The quantitative estimate of drug-likeness (QED) is 0.929. The highest BCUT2D eigenvalue weighted by Crippen LogP contribution is 2.11. The van der Waals surface area contributed by atoms with E-state index >= 15 is 0 Å². The monoisotopic (exact) mass is 272 g/mol. The normalized spacial score (nSPS) is 10.3. The number of aromatic nitrogens is 1. The first kappa shape index (κ1) is 14.2. The maximum Gasteiger partial charge on any atom is 0.254 e. The Bertz CT molecular complexity index is 626. The maximum absolute atomic E-state index is 13.7. The lowest BCUT2D eigenvalue weighted by atomic mass is 10.1. The van der Waals surface area contributed by atoms with E-state index in [-0.39, 0.29) is 5.56 Å². The predicted molar refractivity (Wildman–Crippen MR) is 75.9 cm³/mol. The summed E-state index contributed by atoms with van der Waals surface area (Å²) in [6.45, 7) is 4.12. The van der Waals surface area contributed by atoms with Crippen molar-refractivity contribution in [2.45, 2.75) is 26.8 Å². The molecule has 2 aromatic rings. The minimum Gasteiger partial charge on any atom is -0.346 e. The molecule has 0 radical (unpaired) electrons. The number of carbonyl (C=O) groups excluding carboxylic acids is 1. The van der Waals surface area contributed by atoms with Gasteiger partial charge in [-0.1, -0.05) is 19.1 Å². The number of halogens is 1. The van der Waals surface area contributed by atoms with Crippen molar-refractivity contribution in [1.29, 1.82) is 0 Å². The number of benzene rings is 1. The summed E-state index contributed by atoms with van der Waals surface area (Å²) in [4.78, 5) is 16.2. The van der Waals surface area contributed by atoms with Gasteiger partial charge in [0.05, 0.1) is 17.8 Å². The number of amides is 1. The van der Waals surface area contributed by atoms with Gasteiger partial charge in [0, 0.05) is 6.20 Å². The van der Waals surface area contributed by atoms with Gasteiger partial charge in [0.15, 0.2) is 0 Å². The first-order valence-electron chi connectivity index (χ1n) is 6.59. The minimum absolute atomic E-state index is 0.0598. The highest BCUT2D eigenvalue weighted by molar-refractivity contribution is 5.94. The van der Waals surface area contributed by atoms with Gasteiger partial charge < -0.3 is 5.32 Å². The van der Waals surface area contributed by atoms with Crippen LogP contribution in [0.25, 0.3) is 0 Å². The summed E-state index contributed by atoms with van der Waals surface area (Å²) in [5, 5.41) is 2.71. The molecule has 0 aliphatic rings. The Morgan fingerprint density at radius 1 is 1.35 bits per heavy atom. The molecule has 0 saturated heterocycles. The Hall–Kier alpha value is -2.23. The zero-order valence-electron chi connectivity index (χ0n) is 11.6. The van der Waals surface area contributed by atoms with E-state index in [1.165, 1.54) is 12.1 Å². The van der Waals surface area contributed by atoms with E-state index in [9.17, 15) is 9.18 Å². The van der Waals surface area contributed by atoms with Crippen molar-refractivity contribution < 1.29 is 9.18 Å². The van der Waals surface area contributed by atoms with Crippen LogP contribution in [0.1, 0.15) is 34.1 Å². The Labute approximate surface area is 117 Å². The Morgan fingerprint density at radius 3 is 2.85 bits per heavy atom. The Balaban J connectivity index is 2.09. The summed E-state index contributed by atoms with van der Waals surface area (Å²) >= 11 is 0. The van der Waals surface area contributed by atoms with E-state index < -0.39 is 11.7 Å². The van der Waals surface area contributed by atoms with Crippen LogP contribution in [0.5, 0.6) is 0 Å². The van der Waals surface area contributed by atoms with Crippen molar-refractivity contribution >= 4 is 5.91 Å². The molecule has 0 bridgehead atoms. The summed E-state index contributed by atoms with van der Waals surface area (Å²) in [5.74, 6) is -0.922. The molecular formula is C16H17FN2O. The average Bonchev–Trinajstić information content (AvgIpc) is 2.45. The molecule has 20 heavy (non-hydrogen) atoms. The molecule has 1 aromatic heterocycles. The van der Waals surface area contributed by atoms with Crippen LogP contribution in [0.3, 0.4) is 0 Å². The van der Waals surface area contributed by atoms with Crippen LogP contribution in [-0.4, -0.2) is 10.9 Å². The van der Waals surface area contributed by atoms with Crippen LogP contribution in [-0.2, 0) is 13.0 Å². The third kappa shape index (κ3) is 3.20. The summed E-state index contributed by atoms with van der Waals surface area (Å²) in [6.07, 6.45) is 2.53. The number of hydrogen-bond acceptors (Lipinski definition) is 2. The maximum atomic E-state index is 13.7. The lowest BCUT2D eigenvalue weighted by Crippen LogP contribution is -2.25. The molecule has 2 rings (SSSR count). The summed E-state index contributed by atoms with van der Waals surface area (Å²) in [5.41, 5.74) is 2.75. The Kier molecular flexibility index (Phi) is 4.45. The first-order valence-corrected chi connectivity index (χ1v) is 6.59. The van der Waals surface area contributed by atoms with Gasteiger partial charge in [0.25, 0.3) is 5.91 Å². The number of nitrogens with zero attached hydrogens (tertiary/aromatic N) is 1. The molecule has 0 fully saturated rings. The second-order valence-electron chi connectivity index (χ2n) is 4.63. The van der Waals surface area contributed by atoms with E-state index in [4.69, 9.17) is 0 Å². The molecule has 0 aliphatic heterocycles. The van der Waals surface area contributed by atoms with Crippen molar-refractivity contribution in [2.24, 2.45) is 0 Å². The molecule has 0 saturated carbocycles. The van der Waals surface area contributed by atoms with E-state index in [0.29, 0.717) is 6.54 Å². The number of aryl methyl sites for hydroxylation is 2. The number of nitrogens with one attached hydrogen (secondary N) is 1. The number of carbonyl (C=O) groups is 1. The highest BCUT2D eigenvalue weighted by atomic mass is 19.1. The van der Waals surface area contributed by atoms with Crippen LogP contribution in [0.15, 0.2) is 36.5 Å². The summed E-state index contributed by atoms with van der Waals surface area (Å²) < 4.78 is 13.7. The van der Waals surface area contributed by atoms with Gasteiger partial charge in [-0.3, -0.25) is 9.78 Å². The molecular weight excluding hydrogens is 255 g/mol. The van der Waals surface area contributed by atoms with Gasteiger partial charge >= 0.3 is 0 Å². The molecule has 1 amide bonds. The van der Waals surface area contributed by atoms with E-state index in [2.05, 4.69) is 10.3 Å². The van der Waals surface area contributed by atoms with E-state index in [0.717, 1.165) is 23.2 Å². The fourth-order valence-corrected chi connectivity index (χ4v) is 2.02. The van der Waals surface area contributed by atoms with Crippen LogP contribution in [0.4, 0.5) is 4.39 Å². The highest BCUT2D eigenvalue weighted by Gasteiger charge is 2.12. The second-order valence-corrected chi connectivity index (χ2v) is 4.63. The van der Waals surface area contributed by atoms with Crippen LogP contribution in [0.2, 0.25) is 0 Å². The molecule has 0 spiro atoms. The summed E-state index contributed by atoms with van der Waals surface area (Å²) in [6, 6.07) is 8.41. The zero-order valence-corrected chi connectivity index (χ0v) is 11.6. The van der Waals surface area contributed by atoms with Crippen molar-refractivity contribution in [1.82, 2.24) is 10.3 Å². The molecule has 0 aliphatic carbocycles. The zero-order chi connectivity index (χ0) is 14.5. The standard InChI is InChI=1S/C16H17FN2O/c1-3-12-5-4-8-18-15(12)10-19-16(20)13-7-6-11(2)9-14(13)17/h4-9H,3,10H2,1-2H3,(H,19,20). The second kappa shape index (κ2) is 6.28. The molecule has 1 heterocycles. The lowest BCUT2D eigenvalue weighted by Gasteiger charge is -2.09. The molecule has 104 valence electrons. The number of hydrogen-bond donors (Lipinski definition) is 1. The Morgan fingerprint density at radius 2 is 2.15 bits per heavy atom. The van der Waals surface area contributed by atoms with Gasteiger partial charge in [0.2, 0.25) is 0 Å². The minimum atomic E-state index is -0.501. The third-order valence-corrected chi connectivity index (χ3v) is 3.15. The molecule has 1 N–H and O–H groups in total. The molecule has 4 heteroatoms. The fraction of sp³-hybridized carbons (Fsp3) is 0.250. The molecule has 0 unspecified atom stereocenters. The predicted octanol–water partition coefficient (Wildman–Crippen LogP) is 3.02. The van der Waals surface area contributed by atoms with Crippen LogP contribution in [0, 0.1) is 12.7 Å². The van der Waals surface area contributed by atoms with Gasteiger partial charge in [-0.05, 0) is 42.7 Å². The van der Waals surface area contributed by atoms with Crippen molar-refractivity contribution in [3.05, 3.63) is 64.7 Å². The van der Waals surface area contributed by atoms with Gasteiger partial charge in [-0.2, -0.15) is 0 Å². The van der Waals surface area contributed by atoms with Gasteiger partial charge in [-0.15, -0.1) is 0 Å². The van der Waals surface area contributed by atoms with Gasteiger partial charge in [0.1, 0.15) is 5.82 Å². The van der Waals surface area contributed by atoms with Crippen molar-refractivity contribution in [3.63, 3.8) is 0 Å². The average molecular weight is 272 g/mol. The number of pyridine rings is 1. The first-order chi connectivity index (χ1) is 9.61. The lowest BCUT2D eigenvalue weighted by molar-refractivity contribution is 0.0946. The number of rotatable bonds is 4. The fourth-order valence-electron chi connectivity index (χ4n) is 2.02. The van der Waals surface area contributed by atoms with Crippen molar-refractivity contribution in [3.8, 4) is 0 Å². The molecule has 3 nitrogen and oxygen atoms in total. The third-order valence-electron chi connectivity index (χ3n) is 3.15. The van der Waals surface area contributed by atoms with Crippen LogP contribution < -0.4 is 5.32 Å². The topological polar surface area (TPSA) is 42.0 Å². The largest absolute Gasteiger partial charge is 0.346 e. The molecule has 1 aromatic carbocycles. The van der Waals surface area contributed by atoms with Gasteiger partial charge in [-0.25, -0.2) is 4.39 Å². The van der Waals surface area contributed by atoms with E-state index in [1.807, 2.05) is 19.1 Å². The van der Waals surface area contributed by atoms with Crippen LogP contribution >= 0.6 is 0 Å². The van der Waals surface area contributed by atoms with E-state index in [1.54, 1.807) is 19.2 Å². The van der Waals surface area contributed by atoms with Crippen molar-refractivity contribution in [2.75, 3.05) is 0 Å².